The van der Waals surface area contributed by atoms with Crippen molar-refractivity contribution in [2.75, 3.05) is 24.3 Å². The molecule has 23 heavy (non-hydrogen) atoms. The van der Waals surface area contributed by atoms with Crippen molar-refractivity contribution in [1.82, 2.24) is 14.6 Å². The molecule has 0 bridgehead atoms. The molecule has 0 fully saturated rings. The van der Waals surface area contributed by atoms with E-state index >= 15 is 0 Å². The fraction of sp³-hybridized carbons (Fsp3) is 0.235. The fourth-order valence-corrected chi connectivity index (χ4v) is 2.39. The highest BCUT2D eigenvalue weighted by atomic mass is 16.1. The summed E-state index contributed by atoms with van der Waals surface area (Å²) in [6.45, 7) is 3.81. The topological polar surface area (TPSA) is 62.5 Å². The number of amides is 1. The monoisotopic (exact) mass is 309 g/mol. The van der Waals surface area contributed by atoms with Crippen LogP contribution in [0.2, 0.25) is 0 Å². The van der Waals surface area contributed by atoms with Gasteiger partial charge in [-0.2, -0.15) is 5.10 Å². The summed E-state index contributed by atoms with van der Waals surface area (Å²) >= 11 is 0. The normalized spacial score (nSPS) is 10.8. The minimum atomic E-state index is -0.230. The summed E-state index contributed by atoms with van der Waals surface area (Å²) in [5, 5.41) is 7.21. The van der Waals surface area contributed by atoms with Crippen molar-refractivity contribution in [2.45, 2.75) is 13.8 Å². The van der Waals surface area contributed by atoms with E-state index in [9.17, 15) is 4.79 Å². The van der Waals surface area contributed by atoms with Gasteiger partial charge in [0.05, 0.1) is 5.69 Å². The first-order valence-electron chi connectivity index (χ1n) is 7.37. The maximum absolute atomic E-state index is 12.4. The number of hydrogen-bond donors (Lipinski definition) is 1. The molecule has 2 aromatic heterocycles. The van der Waals surface area contributed by atoms with E-state index in [4.69, 9.17) is 0 Å². The number of carbonyl (C=O) groups excluding carboxylic acids is 1. The summed E-state index contributed by atoms with van der Waals surface area (Å²) in [6, 6.07) is 11.3. The molecular weight excluding hydrogens is 290 g/mol. The van der Waals surface area contributed by atoms with Gasteiger partial charge in [-0.3, -0.25) is 4.79 Å². The van der Waals surface area contributed by atoms with Crippen molar-refractivity contribution in [1.29, 1.82) is 0 Å². The average Bonchev–Trinajstić information content (AvgIpc) is 2.88. The summed E-state index contributed by atoms with van der Waals surface area (Å²) < 4.78 is 1.73. The first-order chi connectivity index (χ1) is 10.9. The number of benzene rings is 1. The molecule has 0 atom stereocenters. The maximum atomic E-state index is 12.4. The number of nitrogens with one attached hydrogen (secondary N) is 1. The van der Waals surface area contributed by atoms with E-state index < -0.39 is 0 Å². The van der Waals surface area contributed by atoms with Gasteiger partial charge < -0.3 is 10.2 Å². The van der Waals surface area contributed by atoms with Gasteiger partial charge in [0.1, 0.15) is 5.69 Å². The predicted molar refractivity (Wildman–Crippen MR) is 91.2 cm³/mol. The van der Waals surface area contributed by atoms with Gasteiger partial charge in [0, 0.05) is 37.2 Å². The smallest absolute Gasteiger partial charge is 0.274 e. The summed E-state index contributed by atoms with van der Waals surface area (Å²) in [6.07, 6.45) is 0. The van der Waals surface area contributed by atoms with Crippen LogP contribution in [0.15, 0.2) is 36.4 Å². The number of nitrogens with zero attached hydrogens (tertiary/aromatic N) is 4. The van der Waals surface area contributed by atoms with Crippen LogP contribution in [0.4, 0.5) is 11.4 Å². The molecule has 1 aromatic carbocycles. The Morgan fingerprint density at radius 2 is 1.83 bits per heavy atom. The van der Waals surface area contributed by atoms with Crippen LogP contribution in [-0.4, -0.2) is 34.6 Å². The number of rotatable bonds is 3. The van der Waals surface area contributed by atoms with Gasteiger partial charge >= 0.3 is 0 Å². The quantitative estimate of drug-likeness (QED) is 0.808. The molecule has 0 saturated carbocycles. The lowest BCUT2D eigenvalue weighted by Gasteiger charge is -2.13. The summed E-state index contributed by atoms with van der Waals surface area (Å²) in [5.41, 5.74) is 4.62. The van der Waals surface area contributed by atoms with E-state index in [1.54, 1.807) is 10.6 Å². The molecule has 6 nitrogen and oxygen atoms in total. The van der Waals surface area contributed by atoms with Crippen molar-refractivity contribution in [3.8, 4) is 0 Å². The zero-order chi connectivity index (χ0) is 16.6. The molecule has 0 aliphatic carbocycles. The van der Waals surface area contributed by atoms with Crippen molar-refractivity contribution in [3.05, 3.63) is 53.5 Å². The summed E-state index contributed by atoms with van der Waals surface area (Å²) in [5.74, 6) is -0.230. The van der Waals surface area contributed by atoms with Gasteiger partial charge in [0.15, 0.2) is 5.65 Å². The van der Waals surface area contributed by atoms with Crippen LogP contribution < -0.4 is 10.2 Å². The Bertz CT molecular complexity index is 865. The zero-order valence-electron chi connectivity index (χ0n) is 13.7. The Morgan fingerprint density at radius 3 is 2.48 bits per heavy atom. The molecule has 0 aliphatic rings. The van der Waals surface area contributed by atoms with E-state index in [0.29, 0.717) is 11.3 Å². The lowest BCUT2D eigenvalue weighted by molar-refractivity contribution is 0.102. The van der Waals surface area contributed by atoms with Crippen LogP contribution in [0, 0.1) is 13.8 Å². The van der Waals surface area contributed by atoms with E-state index in [1.807, 2.05) is 63.2 Å². The molecule has 0 spiro atoms. The average molecular weight is 309 g/mol. The van der Waals surface area contributed by atoms with Crippen molar-refractivity contribution < 1.29 is 4.79 Å². The lowest BCUT2D eigenvalue weighted by Crippen LogP contribution is -2.15. The number of anilines is 2. The number of hydrogen-bond acceptors (Lipinski definition) is 4. The second-order valence-corrected chi connectivity index (χ2v) is 5.73. The highest BCUT2D eigenvalue weighted by molar-refractivity contribution is 6.03. The van der Waals surface area contributed by atoms with E-state index in [2.05, 4.69) is 15.4 Å². The summed E-state index contributed by atoms with van der Waals surface area (Å²) in [4.78, 5) is 18.8. The molecule has 3 rings (SSSR count). The van der Waals surface area contributed by atoms with Gasteiger partial charge in [-0.15, -0.1) is 0 Å². The number of carbonyl (C=O) groups is 1. The summed E-state index contributed by atoms with van der Waals surface area (Å²) in [7, 11) is 3.95. The molecule has 0 radical (unpaired) electrons. The van der Waals surface area contributed by atoms with Crippen LogP contribution in [0.25, 0.3) is 5.65 Å². The minimum Gasteiger partial charge on any atom is -0.378 e. The standard InChI is InChI=1S/C17H19N5O/c1-11-9-16-19-15(10-12(2)22(16)20-11)17(23)18-13-5-7-14(8-6-13)21(3)4/h5-10H,1-4H3,(H,18,23). The molecule has 0 aliphatic heterocycles. The van der Waals surface area contributed by atoms with Crippen molar-refractivity contribution >= 4 is 22.9 Å². The van der Waals surface area contributed by atoms with Crippen LogP contribution in [0.5, 0.6) is 0 Å². The SMILES string of the molecule is Cc1cc2nc(C(=O)Nc3ccc(N(C)C)cc3)cc(C)n2n1. The number of aromatic nitrogens is 3. The second-order valence-electron chi connectivity index (χ2n) is 5.73. The van der Waals surface area contributed by atoms with Crippen LogP contribution in [-0.2, 0) is 0 Å². The minimum absolute atomic E-state index is 0.230. The molecule has 1 amide bonds. The van der Waals surface area contributed by atoms with Gasteiger partial charge in [0.2, 0.25) is 0 Å². The van der Waals surface area contributed by atoms with Crippen LogP contribution >= 0.6 is 0 Å². The highest BCUT2D eigenvalue weighted by Crippen LogP contribution is 2.17. The maximum Gasteiger partial charge on any atom is 0.274 e. The molecule has 0 saturated heterocycles. The Labute approximate surface area is 134 Å². The third-order valence-electron chi connectivity index (χ3n) is 3.60. The molecule has 118 valence electrons. The third-order valence-corrected chi connectivity index (χ3v) is 3.60. The number of fused-ring (bicyclic) bond motifs is 1. The van der Waals surface area contributed by atoms with Crippen molar-refractivity contribution in [3.63, 3.8) is 0 Å². The highest BCUT2D eigenvalue weighted by Gasteiger charge is 2.12. The Kier molecular flexibility index (Phi) is 3.73. The first kappa shape index (κ1) is 15.0. The van der Waals surface area contributed by atoms with Crippen LogP contribution in [0.1, 0.15) is 21.9 Å². The third kappa shape index (κ3) is 3.01. The first-order valence-corrected chi connectivity index (χ1v) is 7.37. The van der Waals surface area contributed by atoms with Gasteiger partial charge in [-0.25, -0.2) is 9.50 Å². The largest absolute Gasteiger partial charge is 0.378 e. The second kappa shape index (κ2) is 5.72. The zero-order valence-corrected chi connectivity index (χ0v) is 13.7. The molecular formula is C17H19N5O. The molecule has 2 heterocycles. The van der Waals surface area contributed by atoms with Gasteiger partial charge in [0.25, 0.3) is 5.91 Å². The number of aryl methyl sites for hydroxylation is 2. The van der Waals surface area contributed by atoms with Crippen molar-refractivity contribution in [2.24, 2.45) is 0 Å². The molecule has 6 heteroatoms. The molecule has 3 aromatic rings. The van der Waals surface area contributed by atoms with E-state index in [-0.39, 0.29) is 5.91 Å². The Hall–Kier alpha value is -2.89. The van der Waals surface area contributed by atoms with Gasteiger partial charge in [-0.05, 0) is 44.2 Å². The van der Waals surface area contributed by atoms with E-state index in [0.717, 1.165) is 22.8 Å². The Balaban J connectivity index is 1.85. The van der Waals surface area contributed by atoms with E-state index in [1.165, 1.54) is 0 Å². The molecule has 0 unspecified atom stereocenters. The molecule has 1 N–H and O–H groups in total. The Morgan fingerprint density at radius 1 is 1.13 bits per heavy atom. The predicted octanol–water partition coefficient (Wildman–Crippen LogP) is 2.66. The lowest BCUT2D eigenvalue weighted by atomic mass is 10.2. The van der Waals surface area contributed by atoms with Crippen LogP contribution in [0.3, 0.4) is 0 Å². The fourth-order valence-electron chi connectivity index (χ4n) is 2.39. The van der Waals surface area contributed by atoms with Gasteiger partial charge in [-0.1, -0.05) is 0 Å².